The number of nitrogens with one attached hydrogen (secondary N) is 2. The highest BCUT2D eigenvalue weighted by atomic mass is 19.1. The molecule has 0 aromatic heterocycles. The molecule has 0 aliphatic heterocycles. The van der Waals surface area contributed by atoms with E-state index in [1.165, 1.54) is 12.1 Å². The van der Waals surface area contributed by atoms with Crippen molar-refractivity contribution >= 4 is 5.71 Å². The molecular formula is C15H18F2N2. The van der Waals surface area contributed by atoms with Crippen molar-refractivity contribution in [1.82, 2.24) is 5.32 Å². The smallest absolute Gasteiger partial charge is 0.131 e. The molecule has 0 amide bonds. The van der Waals surface area contributed by atoms with Gasteiger partial charge >= 0.3 is 0 Å². The Bertz CT molecular complexity index is 493. The van der Waals surface area contributed by atoms with E-state index in [1.807, 2.05) is 6.92 Å². The zero-order chi connectivity index (χ0) is 14.3. The van der Waals surface area contributed by atoms with Crippen LogP contribution in [0.1, 0.15) is 25.3 Å². The minimum atomic E-state index is -0.588. The third-order valence-corrected chi connectivity index (χ3v) is 2.61. The minimum absolute atomic E-state index is 0.246. The number of allylic oxidation sites excluding steroid dienone is 2. The van der Waals surface area contributed by atoms with E-state index in [9.17, 15) is 8.78 Å². The van der Waals surface area contributed by atoms with E-state index in [0.29, 0.717) is 11.3 Å². The Kier molecular flexibility index (Phi) is 5.93. The molecule has 0 saturated carbocycles. The Morgan fingerprint density at radius 3 is 2.79 bits per heavy atom. The number of benzene rings is 1. The zero-order valence-electron chi connectivity index (χ0n) is 11.0. The predicted molar refractivity (Wildman–Crippen MR) is 74.1 cm³/mol. The van der Waals surface area contributed by atoms with Gasteiger partial charge in [-0.3, -0.25) is 0 Å². The van der Waals surface area contributed by atoms with Crippen molar-refractivity contribution in [3.05, 3.63) is 59.8 Å². The maximum atomic E-state index is 13.3. The van der Waals surface area contributed by atoms with Gasteiger partial charge in [-0.25, -0.2) is 8.78 Å². The molecule has 0 aliphatic rings. The van der Waals surface area contributed by atoms with Crippen molar-refractivity contribution in [2.24, 2.45) is 0 Å². The second-order valence-electron chi connectivity index (χ2n) is 4.22. The van der Waals surface area contributed by atoms with Crippen LogP contribution >= 0.6 is 0 Å². The molecule has 1 aromatic carbocycles. The summed E-state index contributed by atoms with van der Waals surface area (Å²) in [5, 5.41) is 10.6. The Morgan fingerprint density at radius 2 is 2.16 bits per heavy atom. The highest BCUT2D eigenvalue weighted by molar-refractivity contribution is 6.05. The summed E-state index contributed by atoms with van der Waals surface area (Å²) in [5.74, 6) is -1.17. The fourth-order valence-corrected chi connectivity index (χ4v) is 1.53. The summed E-state index contributed by atoms with van der Waals surface area (Å²) < 4.78 is 26.0. The Morgan fingerprint density at radius 1 is 1.42 bits per heavy atom. The SMILES string of the molecule is C=C(CCC)C(=N)/C=C\NCc1ccc(F)cc1F. The standard InChI is InChI=1S/C15H18F2N2/c1-3-4-11(2)15(18)7-8-19-10-12-5-6-13(16)9-14(12)17/h5-9,18-19H,2-4,10H2,1H3/b8-7-,18-15?. The quantitative estimate of drug-likeness (QED) is 0.719. The van der Waals surface area contributed by atoms with E-state index in [0.717, 1.165) is 24.5 Å². The average molecular weight is 264 g/mol. The van der Waals surface area contributed by atoms with Crippen LogP contribution in [0.4, 0.5) is 8.78 Å². The van der Waals surface area contributed by atoms with Crippen LogP contribution in [0.3, 0.4) is 0 Å². The largest absolute Gasteiger partial charge is 0.387 e. The van der Waals surface area contributed by atoms with E-state index >= 15 is 0 Å². The fourth-order valence-electron chi connectivity index (χ4n) is 1.53. The minimum Gasteiger partial charge on any atom is -0.387 e. The molecule has 2 N–H and O–H groups in total. The van der Waals surface area contributed by atoms with Gasteiger partial charge in [0, 0.05) is 18.2 Å². The van der Waals surface area contributed by atoms with Crippen molar-refractivity contribution in [2.45, 2.75) is 26.3 Å². The van der Waals surface area contributed by atoms with Crippen LogP contribution in [0.15, 0.2) is 42.6 Å². The predicted octanol–water partition coefficient (Wildman–Crippen LogP) is 3.94. The van der Waals surface area contributed by atoms with Gasteiger partial charge in [0.25, 0.3) is 0 Å². The zero-order valence-corrected chi connectivity index (χ0v) is 11.0. The number of hydrogen-bond acceptors (Lipinski definition) is 2. The van der Waals surface area contributed by atoms with Crippen molar-refractivity contribution < 1.29 is 8.78 Å². The monoisotopic (exact) mass is 264 g/mol. The normalized spacial score (nSPS) is 10.7. The van der Waals surface area contributed by atoms with Crippen LogP contribution in [0.5, 0.6) is 0 Å². The van der Waals surface area contributed by atoms with Gasteiger partial charge < -0.3 is 10.7 Å². The van der Waals surface area contributed by atoms with Crippen molar-refractivity contribution in [2.75, 3.05) is 0 Å². The molecule has 102 valence electrons. The summed E-state index contributed by atoms with van der Waals surface area (Å²) in [6, 6.07) is 3.47. The van der Waals surface area contributed by atoms with Gasteiger partial charge in [0.15, 0.2) is 0 Å². The molecule has 0 aliphatic carbocycles. The van der Waals surface area contributed by atoms with Crippen LogP contribution in [0.2, 0.25) is 0 Å². The molecule has 4 heteroatoms. The molecule has 0 bridgehead atoms. The Balaban J connectivity index is 2.45. The Labute approximate surface area is 112 Å². The summed E-state index contributed by atoms with van der Waals surface area (Å²) >= 11 is 0. The first-order valence-electron chi connectivity index (χ1n) is 6.15. The number of halogens is 2. The van der Waals surface area contributed by atoms with Crippen LogP contribution in [-0.2, 0) is 6.54 Å². The lowest BCUT2D eigenvalue weighted by molar-refractivity contribution is 0.569. The van der Waals surface area contributed by atoms with Crippen molar-refractivity contribution in [3.8, 4) is 0 Å². The van der Waals surface area contributed by atoms with Crippen LogP contribution in [0, 0.1) is 17.0 Å². The second kappa shape index (κ2) is 7.46. The fraction of sp³-hybridized carbons (Fsp3) is 0.267. The molecule has 0 radical (unpaired) electrons. The molecule has 0 fully saturated rings. The molecule has 1 aromatic rings. The van der Waals surface area contributed by atoms with E-state index in [4.69, 9.17) is 5.41 Å². The molecule has 0 atom stereocenters. The summed E-state index contributed by atoms with van der Waals surface area (Å²) in [4.78, 5) is 0. The lowest BCUT2D eigenvalue weighted by Gasteiger charge is -2.04. The molecule has 0 spiro atoms. The third kappa shape index (κ3) is 5.04. The van der Waals surface area contributed by atoms with Gasteiger partial charge in [-0.15, -0.1) is 0 Å². The van der Waals surface area contributed by atoms with Gasteiger partial charge in [-0.2, -0.15) is 0 Å². The first-order valence-corrected chi connectivity index (χ1v) is 6.15. The van der Waals surface area contributed by atoms with Crippen LogP contribution in [0.25, 0.3) is 0 Å². The first-order chi connectivity index (χ1) is 9.04. The van der Waals surface area contributed by atoms with Gasteiger partial charge in [0.2, 0.25) is 0 Å². The van der Waals surface area contributed by atoms with Gasteiger partial charge in [0.1, 0.15) is 11.6 Å². The van der Waals surface area contributed by atoms with E-state index in [1.54, 1.807) is 12.3 Å². The number of rotatable bonds is 7. The summed E-state index contributed by atoms with van der Waals surface area (Å²) in [6.45, 7) is 6.07. The molecule has 19 heavy (non-hydrogen) atoms. The Hall–Kier alpha value is -1.97. The molecule has 0 saturated heterocycles. The van der Waals surface area contributed by atoms with Gasteiger partial charge in [0.05, 0.1) is 5.71 Å². The molecule has 1 rings (SSSR count). The lowest BCUT2D eigenvalue weighted by Crippen LogP contribution is -2.08. The van der Waals surface area contributed by atoms with Gasteiger partial charge in [-0.05, 0) is 30.3 Å². The highest BCUT2D eigenvalue weighted by Crippen LogP contribution is 2.09. The van der Waals surface area contributed by atoms with E-state index in [-0.39, 0.29) is 6.54 Å². The van der Waals surface area contributed by atoms with Crippen LogP contribution in [-0.4, -0.2) is 5.71 Å². The van der Waals surface area contributed by atoms with Crippen molar-refractivity contribution in [1.29, 1.82) is 5.41 Å². The van der Waals surface area contributed by atoms with E-state index in [2.05, 4.69) is 11.9 Å². The lowest BCUT2D eigenvalue weighted by atomic mass is 10.1. The van der Waals surface area contributed by atoms with E-state index < -0.39 is 11.6 Å². The summed E-state index contributed by atoms with van der Waals surface area (Å²) in [5.41, 5.74) is 1.51. The molecular weight excluding hydrogens is 246 g/mol. The van der Waals surface area contributed by atoms with Crippen molar-refractivity contribution in [3.63, 3.8) is 0 Å². The first kappa shape index (κ1) is 15.1. The highest BCUT2D eigenvalue weighted by Gasteiger charge is 2.02. The molecule has 0 heterocycles. The summed E-state index contributed by atoms with van der Waals surface area (Å²) in [6.07, 6.45) is 4.89. The molecule has 0 unspecified atom stereocenters. The van der Waals surface area contributed by atoms with Crippen LogP contribution < -0.4 is 5.32 Å². The maximum absolute atomic E-state index is 13.3. The summed E-state index contributed by atoms with van der Waals surface area (Å²) in [7, 11) is 0. The molecule has 2 nitrogen and oxygen atoms in total. The average Bonchev–Trinajstić information content (AvgIpc) is 2.36. The second-order valence-corrected chi connectivity index (χ2v) is 4.22. The number of hydrogen-bond donors (Lipinski definition) is 2. The third-order valence-electron chi connectivity index (χ3n) is 2.61. The topological polar surface area (TPSA) is 35.9 Å². The van der Waals surface area contributed by atoms with Gasteiger partial charge in [-0.1, -0.05) is 26.0 Å². The maximum Gasteiger partial charge on any atom is 0.131 e.